The standard InChI is InChI=1S/C6H11N3O2/c1-5(2)9-6(11)8-3-7-4-10/h5H,3H2,1-2H3,(H2,8,9,11). The smallest absolute Gasteiger partial charge is 0.316 e. The van der Waals surface area contributed by atoms with Crippen molar-refractivity contribution in [2.45, 2.75) is 19.9 Å². The molecule has 0 radical (unpaired) electrons. The molecule has 0 heterocycles. The van der Waals surface area contributed by atoms with E-state index in [4.69, 9.17) is 0 Å². The second kappa shape index (κ2) is 5.44. The molecular formula is C6H11N3O2. The third-order valence-corrected chi connectivity index (χ3v) is 0.803. The highest BCUT2D eigenvalue weighted by Crippen LogP contribution is 1.75. The number of nitrogens with one attached hydrogen (secondary N) is 2. The summed E-state index contributed by atoms with van der Waals surface area (Å²) in [6.07, 6.45) is 1.31. The number of hydrogen-bond acceptors (Lipinski definition) is 3. The molecule has 0 unspecified atom stereocenters. The minimum atomic E-state index is -0.334. The van der Waals surface area contributed by atoms with Crippen LogP contribution in [0.15, 0.2) is 4.99 Å². The second-order valence-electron chi connectivity index (χ2n) is 2.21. The van der Waals surface area contributed by atoms with E-state index in [1.165, 1.54) is 6.08 Å². The molecule has 0 bridgehead atoms. The molecule has 0 aliphatic heterocycles. The van der Waals surface area contributed by atoms with E-state index in [2.05, 4.69) is 15.6 Å². The van der Waals surface area contributed by atoms with E-state index in [9.17, 15) is 9.59 Å². The summed E-state index contributed by atoms with van der Waals surface area (Å²) in [5.41, 5.74) is 0. The molecule has 62 valence electrons. The Labute approximate surface area is 64.9 Å². The van der Waals surface area contributed by atoms with E-state index < -0.39 is 0 Å². The van der Waals surface area contributed by atoms with Gasteiger partial charge in [0.25, 0.3) is 0 Å². The zero-order chi connectivity index (χ0) is 8.69. The molecule has 5 nitrogen and oxygen atoms in total. The highest BCUT2D eigenvalue weighted by Gasteiger charge is 1.98. The van der Waals surface area contributed by atoms with Gasteiger partial charge in [-0.15, -0.1) is 0 Å². The van der Waals surface area contributed by atoms with Crippen LogP contribution in [0.2, 0.25) is 0 Å². The van der Waals surface area contributed by atoms with Gasteiger partial charge in [0.05, 0.1) is 0 Å². The van der Waals surface area contributed by atoms with Crippen LogP contribution in [0.3, 0.4) is 0 Å². The highest BCUT2D eigenvalue weighted by atomic mass is 16.2. The van der Waals surface area contributed by atoms with Gasteiger partial charge in [0.2, 0.25) is 6.08 Å². The first-order chi connectivity index (χ1) is 5.16. The zero-order valence-corrected chi connectivity index (χ0v) is 6.55. The maximum atomic E-state index is 10.7. The average molecular weight is 157 g/mol. The molecule has 0 saturated heterocycles. The van der Waals surface area contributed by atoms with Gasteiger partial charge in [-0.1, -0.05) is 0 Å². The molecular weight excluding hydrogens is 146 g/mol. The topological polar surface area (TPSA) is 70.6 Å². The lowest BCUT2D eigenvalue weighted by Gasteiger charge is -2.07. The summed E-state index contributed by atoms with van der Waals surface area (Å²) in [5.74, 6) is 0. The van der Waals surface area contributed by atoms with Crippen LogP contribution in [-0.2, 0) is 4.79 Å². The first-order valence-corrected chi connectivity index (χ1v) is 3.25. The van der Waals surface area contributed by atoms with Gasteiger partial charge in [-0.05, 0) is 13.8 Å². The lowest BCUT2D eigenvalue weighted by atomic mass is 10.4. The summed E-state index contributed by atoms with van der Waals surface area (Å²) in [6.45, 7) is 3.65. The first kappa shape index (κ1) is 9.65. The highest BCUT2D eigenvalue weighted by molar-refractivity contribution is 5.74. The molecule has 0 rings (SSSR count). The van der Waals surface area contributed by atoms with E-state index in [0.29, 0.717) is 0 Å². The van der Waals surface area contributed by atoms with E-state index in [1.807, 2.05) is 13.8 Å². The first-order valence-electron chi connectivity index (χ1n) is 3.25. The van der Waals surface area contributed by atoms with Crippen LogP contribution in [0.1, 0.15) is 13.8 Å². The lowest BCUT2D eigenvalue weighted by molar-refractivity contribution is 0.239. The zero-order valence-electron chi connectivity index (χ0n) is 6.55. The Morgan fingerprint density at radius 1 is 1.64 bits per heavy atom. The Morgan fingerprint density at radius 2 is 2.27 bits per heavy atom. The van der Waals surface area contributed by atoms with Crippen molar-refractivity contribution in [3.05, 3.63) is 0 Å². The van der Waals surface area contributed by atoms with Gasteiger partial charge in [-0.3, -0.25) is 0 Å². The Hall–Kier alpha value is -1.35. The van der Waals surface area contributed by atoms with E-state index in [1.54, 1.807) is 0 Å². The van der Waals surface area contributed by atoms with Gasteiger partial charge in [-0.2, -0.15) is 4.99 Å². The van der Waals surface area contributed by atoms with Crippen molar-refractivity contribution < 1.29 is 9.59 Å². The van der Waals surface area contributed by atoms with Gasteiger partial charge in [-0.25, -0.2) is 9.59 Å². The molecule has 2 N–H and O–H groups in total. The van der Waals surface area contributed by atoms with Crippen LogP contribution in [0, 0.1) is 0 Å². The monoisotopic (exact) mass is 157 g/mol. The maximum Gasteiger partial charge on any atom is 0.316 e. The Bertz CT molecular complexity index is 173. The number of amides is 2. The maximum absolute atomic E-state index is 10.7. The minimum Gasteiger partial charge on any atom is -0.336 e. The molecule has 0 aliphatic carbocycles. The van der Waals surface area contributed by atoms with Crippen LogP contribution < -0.4 is 10.6 Å². The number of carbonyl (C=O) groups excluding carboxylic acids is 2. The summed E-state index contributed by atoms with van der Waals surface area (Å²) in [6, 6.07) is -0.255. The van der Waals surface area contributed by atoms with Gasteiger partial charge in [0.15, 0.2) is 0 Å². The number of carbonyl (C=O) groups is 1. The number of rotatable bonds is 3. The summed E-state index contributed by atoms with van der Waals surface area (Å²) < 4.78 is 0. The largest absolute Gasteiger partial charge is 0.336 e. The van der Waals surface area contributed by atoms with Crippen molar-refractivity contribution in [3.8, 4) is 0 Å². The third kappa shape index (κ3) is 6.54. The normalized spacial score (nSPS) is 8.64. The molecule has 0 atom stereocenters. The molecule has 11 heavy (non-hydrogen) atoms. The summed E-state index contributed by atoms with van der Waals surface area (Å²) in [4.78, 5) is 23.4. The Balaban J connectivity index is 3.45. The van der Waals surface area contributed by atoms with E-state index in [-0.39, 0.29) is 18.7 Å². The quantitative estimate of drug-likeness (QED) is 0.446. The summed E-state index contributed by atoms with van der Waals surface area (Å²) in [7, 11) is 0. The molecule has 0 aromatic rings. The fourth-order valence-electron chi connectivity index (χ4n) is 0.457. The molecule has 0 spiro atoms. The van der Waals surface area contributed by atoms with Gasteiger partial charge >= 0.3 is 6.03 Å². The molecule has 0 aromatic carbocycles. The second-order valence-corrected chi connectivity index (χ2v) is 2.21. The van der Waals surface area contributed by atoms with Gasteiger partial charge < -0.3 is 10.6 Å². The van der Waals surface area contributed by atoms with Crippen LogP contribution in [0.5, 0.6) is 0 Å². The van der Waals surface area contributed by atoms with Crippen molar-refractivity contribution in [2.24, 2.45) is 4.99 Å². The van der Waals surface area contributed by atoms with Crippen molar-refractivity contribution in [3.63, 3.8) is 0 Å². The SMILES string of the molecule is CC(C)NC(=O)NCN=C=O. The van der Waals surface area contributed by atoms with Gasteiger partial charge in [0, 0.05) is 6.04 Å². The average Bonchev–Trinajstić information content (AvgIpc) is 1.86. The van der Waals surface area contributed by atoms with E-state index in [0.717, 1.165) is 0 Å². The predicted molar refractivity (Wildman–Crippen MR) is 39.8 cm³/mol. The number of aliphatic imine (C=N–C) groups is 1. The number of urea groups is 1. The third-order valence-electron chi connectivity index (χ3n) is 0.803. The van der Waals surface area contributed by atoms with Crippen molar-refractivity contribution in [1.29, 1.82) is 0 Å². The molecule has 2 amide bonds. The molecule has 0 saturated carbocycles. The molecule has 0 aromatic heterocycles. The van der Waals surface area contributed by atoms with Crippen molar-refractivity contribution in [2.75, 3.05) is 6.67 Å². The summed E-state index contributed by atoms with van der Waals surface area (Å²) in [5, 5.41) is 4.90. The van der Waals surface area contributed by atoms with E-state index >= 15 is 0 Å². The molecule has 5 heteroatoms. The van der Waals surface area contributed by atoms with Crippen molar-refractivity contribution in [1.82, 2.24) is 10.6 Å². The number of nitrogens with zero attached hydrogens (tertiary/aromatic N) is 1. The Morgan fingerprint density at radius 3 is 2.73 bits per heavy atom. The lowest BCUT2D eigenvalue weighted by Crippen LogP contribution is -2.39. The van der Waals surface area contributed by atoms with Crippen LogP contribution in [0.25, 0.3) is 0 Å². The predicted octanol–water partition coefficient (Wildman–Crippen LogP) is -0.0127. The van der Waals surface area contributed by atoms with Crippen LogP contribution in [-0.4, -0.2) is 24.8 Å². The fourth-order valence-corrected chi connectivity index (χ4v) is 0.457. The summed E-state index contributed by atoms with van der Waals surface area (Å²) >= 11 is 0. The fraction of sp³-hybridized carbons (Fsp3) is 0.667. The molecule has 0 fully saturated rings. The molecule has 0 aliphatic rings. The number of hydrogen-bond donors (Lipinski definition) is 2. The minimum absolute atomic E-state index is 0.0257. The van der Waals surface area contributed by atoms with Crippen LogP contribution in [0.4, 0.5) is 4.79 Å². The number of isocyanates is 1. The Kier molecular flexibility index (Phi) is 4.77. The van der Waals surface area contributed by atoms with Crippen LogP contribution >= 0.6 is 0 Å². The van der Waals surface area contributed by atoms with Gasteiger partial charge in [0.1, 0.15) is 6.67 Å². The van der Waals surface area contributed by atoms with Crippen molar-refractivity contribution >= 4 is 12.1 Å².